The molecule has 0 spiro atoms. The highest BCUT2D eigenvalue weighted by atomic mass is 32.2. The van der Waals surface area contributed by atoms with Gasteiger partial charge >= 0.3 is 0 Å². The lowest BCUT2D eigenvalue weighted by molar-refractivity contribution is -0.0257. The number of ether oxygens (including phenoxy) is 2. The van der Waals surface area contributed by atoms with E-state index in [1.54, 1.807) is 13.3 Å². The summed E-state index contributed by atoms with van der Waals surface area (Å²) in [7, 11) is 1.61. The minimum Gasteiger partial charge on any atom is -0.390 e. The minimum absolute atomic E-state index is 0.0313. The first-order valence-corrected chi connectivity index (χ1v) is 6.60. The maximum absolute atomic E-state index is 9.74. The lowest BCUT2D eigenvalue weighted by Gasteiger charge is -2.15. The van der Waals surface area contributed by atoms with Crippen LogP contribution in [0.3, 0.4) is 0 Å². The molecule has 3 N–H and O–H groups in total. The van der Waals surface area contributed by atoms with Crippen LogP contribution in [0.2, 0.25) is 0 Å². The second kappa shape index (κ2) is 8.25. The van der Waals surface area contributed by atoms with Crippen LogP contribution in [-0.2, 0) is 9.47 Å². The van der Waals surface area contributed by atoms with Crippen molar-refractivity contribution in [2.45, 2.75) is 24.2 Å². The normalized spacial score (nSPS) is 14.4. The molecule has 102 valence electrons. The van der Waals surface area contributed by atoms with Gasteiger partial charge in [-0.25, -0.2) is 9.97 Å². The molecular formula is C11H19N3O3S. The average Bonchev–Trinajstić information content (AvgIpc) is 2.36. The van der Waals surface area contributed by atoms with Crippen molar-refractivity contribution in [3.8, 4) is 0 Å². The van der Waals surface area contributed by atoms with Crippen molar-refractivity contribution in [1.29, 1.82) is 0 Å². The summed E-state index contributed by atoms with van der Waals surface area (Å²) >= 11 is 1.36. The van der Waals surface area contributed by atoms with E-state index in [-0.39, 0.29) is 12.7 Å². The summed E-state index contributed by atoms with van der Waals surface area (Å²) in [6.07, 6.45) is 2.50. The van der Waals surface area contributed by atoms with Crippen LogP contribution in [0.5, 0.6) is 0 Å². The molecule has 2 atom stereocenters. The highest BCUT2D eigenvalue weighted by molar-refractivity contribution is 7.99. The zero-order chi connectivity index (χ0) is 13.4. The number of nitrogens with two attached hydrogens (primary N) is 1. The molecule has 0 aliphatic carbocycles. The summed E-state index contributed by atoms with van der Waals surface area (Å²) in [5, 5.41) is 10.4. The molecule has 7 heteroatoms. The van der Waals surface area contributed by atoms with Gasteiger partial charge in [0, 0.05) is 25.3 Å². The number of methoxy groups -OCH3 is 1. The van der Waals surface area contributed by atoms with E-state index in [4.69, 9.17) is 15.2 Å². The van der Waals surface area contributed by atoms with Crippen molar-refractivity contribution in [1.82, 2.24) is 9.97 Å². The number of hydrogen-bond acceptors (Lipinski definition) is 7. The average molecular weight is 273 g/mol. The highest BCUT2D eigenvalue weighted by Crippen LogP contribution is 2.20. The molecule has 0 fully saturated rings. The third-order valence-corrected chi connectivity index (χ3v) is 3.22. The van der Waals surface area contributed by atoms with E-state index < -0.39 is 6.10 Å². The predicted octanol–water partition coefficient (Wildman–Crippen LogP) is 0.563. The monoisotopic (exact) mass is 273 g/mol. The third kappa shape index (κ3) is 5.63. The van der Waals surface area contributed by atoms with Crippen LogP contribution < -0.4 is 5.73 Å². The summed E-state index contributed by atoms with van der Waals surface area (Å²) < 4.78 is 10.3. The standard InChI is InChI=1S/C11H19N3O3S/c1-8(5-16-2)17-6-9(15)7-18-11-10(12)13-3-4-14-11/h3-4,8-9,15H,5-7H2,1-2H3,(H2,12,13). The molecule has 6 nitrogen and oxygen atoms in total. The van der Waals surface area contributed by atoms with Gasteiger partial charge in [0.25, 0.3) is 0 Å². The minimum atomic E-state index is -0.573. The van der Waals surface area contributed by atoms with Crippen LogP contribution in [0.1, 0.15) is 6.92 Å². The number of thioether (sulfide) groups is 1. The van der Waals surface area contributed by atoms with E-state index in [1.807, 2.05) is 6.92 Å². The Morgan fingerprint density at radius 1 is 1.39 bits per heavy atom. The first kappa shape index (κ1) is 15.2. The number of anilines is 1. The van der Waals surface area contributed by atoms with Gasteiger partial charge in [-0.1, -0.05) is 11.8 Å². The van der Waals surface area contributed by atoms with Gasteiger partial charge in [0.15, 0.2) is 5.82 Å². The van der Waals surface area contributed by atoms with Gasteiger partial charge < -0.3 is 20.3 Å². The van der Waals surface area contributed by atoms with Crippen LogP contribution in [0.15, 0.2) is 17.4 Å². The molecule has 0 aliphatic rings. The summed E-state index contributed by atoms with van der Waals surface area (Å²) in [5.74, 6) is 0.839. The molecule has 0 saturated heterocycles. The fourth-order valence-electron chi connectivity index (χ4n) is 1.23. The van der Waals surface area contributed by atoms with Crippen LogP contribution in [0.25, 0.3) is 0 Å². The Morgan fingerprint density at radius 2 is 2.11 bits per heavy atom. The Morgan fingerprint density at radius 3 is 2.78 bits per heavy atom. The maximum atomic E-state index is 9.74. The molecule has 1 heterocycles. The van der Waals surface area contributed by atoms with Crippen molar-refractivity contribution in [3.63, 3.8) is 0 Å². The summed E-state index contributed by atoms with van der Waals surface area (Å²) in [5.41, 5.74) is 5.64. The van der Waals surface area contributed by atoms with Gasteiger partial charge in [-0.05, 0) is 6.92 Å². The molecule has 1 aromatic rings. The van der Waals surface area contributed by atoms with E-state index >= 15 is 0 Å². The van der Waals surface area contributed by atoms with Gasteiger partial charge in [-0.2, -0.15) is 0 Å². The molecule has 1 rings (SSSR count). The van der Waals surface area contributed by atoms with Crippen LogP contribution in [-0.4, -0.2) is 53.4 Å². The van der Waals surface area contributed by atoms with Crippen LogP contribution in [0, 0.1) is 0 Å². The molecule has 0 aliphatic heterocycles. The Bertz CT molecular complexity index is 354. The molecule has 0 aromatic carbocycles. The Balaban J connectivity index is 2.25. The maximum Gasteiger partial charge on any atom is 0.156 e. The first-order valence-electron chi connectivity index (χ1n) is 5.61. The van der Waals surface area contributed by atoms with Gasteiger partial charge in [0.1, 0.15) is 5.03 Å². The van der Waals surface area contributed by atoms with E-state index in [1.165, 1.54) is 18.0 Å². The molecule has 1 aromatic heterocycles. The van der Waals surface area contributed by atoms with Gasteiger partial charge in [-0.3, -0.25) is 0 Å². The predicted molar refractivity (Wildman–Crippen MR) is 70.5 cm³/mol. The number of aromatic nitrogens is 2. The van der Waals surface area contributed by atoms with Gasteiger partial charge in [0.2, 0.25) is 0 Å². The zero-order valence-electron chi connectivity index (χ0n) is 10.6. The number of hydrogen-bond donors (Lipinski definition) is 2. The number of nitrogens with zero attached hydrogens (tertiary/aromatic N) is 2. The summed E-state index contributed by atoms with van der Waals surface area (Å²) in [6.45, 7) is 2.67. The Labute approximate surface area is 111 Å². The van der Waals surface area contributed by atoms with Crippen LogP contribution >= 0.6 is 11.8 Å². The molecule has 18 heavy (non-hydrogen) atoms. The fraction of sp³-hybridized carbons (Fsp3) is 0.636. The topological polar surface area (TPSA) is 90.5 Å². The van der Waals surface area contributed by atoms with E-state index in [0.717, 1.165) is 0 Å². The largest absolute Gasteiger partial charge is 0.390 e. The Kier molecular flexibility index (Phi) is 6.96. The Hall–Kier alpha value is -0.890. The molecule has 0 bridgehead atoms. The van der Waals surface area contributed by atoms with E-state index in [0.29, 0.717) is 23.2 Å². The molecule has 0 radical (unpaired) electrons. The quantitative estimate of drug-likeness (QED) is 0.669. The number of nitrogen functional groups attached to an aromatic ring is 1. The number of rotatable bonds is 8. The second-order valence-electron chi connectivity index (χ2n) is 3.81. The van der Waals surface area contributed by atoms with Crippen molar-refractivity contribution in [2.75, 3.05) is 31.8 Å². The molecule has 2 unspecified atom stereocenters. The summed E-state index contributed by atoms with van der Waals surface area (Å²) in [4.78, 5) is 8.00. The van der Waals surface area contributed by atoms with Gasteiger partial charge in [-0.15, -0.1) is 0 Å². The fourth-order valence-corrected chi connectivity index (χ4v) is 2.01. The number of aliphatic hydroxyl groups excluding tert-OH is 1. The van der Waals surface area contributed by atoms with E-state index in [9.17, 15) is 5.11 Å². The number of aliphatic hydroxyl groups is 1. The van der Waals surface area contributed by atoms with Crippen molar-refractivity contribution in [2.24, 2.45) is 0 Å². The SMILES string of the molecule is COCC(C)OCC(O)CSc1nccnc1N. The van der Waals surface area contributed by atoms with Gasteiger partial charge in [0.05, 0.1) is 25.4 Å². The molecule has 0 saturated carbocycles. The van der Waals surface area contributed by atoms with Crippen molar-refractivity contribution < 1.29 is 14.6 Å². The van der Waals surface area contributed by atoms with E-state index in [2.05, 4.69) is 9.97 Å². The van der Waals surface area contributed by atoms with Crippen molar-refractivity contribution >= 4 is 17.6 Å². The zero-order valence-corrected chi connectivity index (χ0v) is 11.4. The lowest BCUT2D eigenvalue weighted by atomic mass is 10.4. The second-order valence-corrected chi connectivity index (χ2v) is 4.82. The lowest BCUT2D eigenvalue weighted by Crippen LogP contribution is -2.24. The third-order valence-electron chi connectivity index (χ3n) is 2.08. The first-order chi connectivity index (χ1) is 8.63. The highest BCUT2D eigenvalue weighted by Gasteiger charge is 2.10. The van der Waals surface area contributed by atoms with Crippen molar-refractivity contribution in [3.05, 3.63) is 12.4 Å². The smallest absolute Gasteiger partial charge is 0.156 e. The summed E-state index contributed by atoms with van der Waals surface area (Å²) in [6, 6.07) is 0. The van der Waals surface area contributed by atoms with Crippen LogP contribution in [0.4, 0.5) is 5.82 Å². The molecular weight excluding hydrogens is 254 g/mol. The molecule has 0 amide bonds.